The second kappa shape index (κ2) is 6.27. The third-order valence-electron chi connectivity index (χ3n) is 4.51. The number of halogens is 3. The standard InChI is InChI=1S/C20H13F3O4S/c1-26-16-10-11-17(27-28(24,25)20(21,22)23)19-15(16)9-8-13-7-6-12-4-2-3-5-14(12)18(13)19/h2-11H,1H3. The molecule has 0 fully saturated rings. The van der Waals surface area contributed by atoms with Gasteiger partial charge in [0.25, 0.3) is 0 Å². The van der Waals surface area contributed by atoms with E-state index < -0.39 is 21.4 Å². The molecule has 0 atom stereocenters. The lowest BCUT2D eigenvalue weighted by Crippen LogP contribution is -2.28. The Kier molecular flexibility index (Phi) is 4.11. The number of hydrogen-bond acceptors (Lipinski definition) is 4. The van der Waals surface area contributed by atoms with Crippen LogP contribution in [0.3, 0.4) is 0 Å². The van der Waals surface area contributed by atoms with Gasteiger partial charge in [0, 0.05) is 16.2 Å². The highest BCUT2D eigenvalue weighted by atomic mass is 32.2. The summed E-state index contributed by atoms with van der Waals surface area (Å²) >= 11 is 0. The molecule has 144 valence electrons. The molecule has 0 bridgehead atoms. The Morgan fingerprint density at radius 2 is 1.39 bits per heavy atom. The second-order valence-electron chi connectivity index (χ2n) is 6.12. The summed E-state index contributed by atoms with van der Waals surface area (Å²) in [6, 6.07) is 17.0. The predicted octanol–water partition coefficient (Wildman–Crippen LogP) is 5.38. The minimum absolute atomic E-state index is 0.237. The first-order valence-corrected chi connectivity index (χ1v) is 9.56. The molecule has 0 aliphatic carbocycles. The summed E-state index contributed by atoms with van der Waals surface area (Å²) < 4.78 is 71.8. The lowest BCUT2D eigenvalue weighted by Gasteiger charge is -2.16. The summed E-state index contributed by atoms with van der Waals surface area (Å²) in [5, 5.41) is 3.61. The molecule has 0 aromatic heterocycles. The van der Waals surface area contributed by atoms with Crippen LogP contribution in [0, 0.1) is 0 Å². The van der Waals surface area contributed by atoms with Crippen LogP contribution < -0.4 is 8.92 Å². The van der Waals surface area contributed by atoms with Gasteiger partial charge >= 0.3 is 15.6 Å². The molecule has 0 aliphatic rings. The molecule has 8 heteroatoms. The first-order valence-electron chi connectivity index (χ1n) is 8.15. The zero-order valence-electron chi connectivity index (χ0n) is 14.4. The maximum absolute atomic E-state index is 12.9. The van der Waals surface area contributed by atoms with E-state index in [9.17, 15) is 21.6 Å². The lowest BCUT2D eigenvalue weighted by atomic mass is 9.95. The molecule has 0 amide bonds. The molecule has 0 radical (unpaired) electrons. The minimum Gasteiger partial charge on any atom is -0.496 e. The highest BCUT2D eigenvalue weighted by Crippen LogP contribution is 2.42. The van der Waals surface area contributed by atoms with Crippen LogP contribution in [-0.4, -0.2) is 21.0 Å². The van der Waals surface area contributed by atoms with Gasteiger partial charge in [-0.05, 0) is 34.4 Å². The molecule has 0 unspecified atom stereocenters. The average Bonchev–Trinajstić information content (AvgIpc) is 2.66. The van der Waals surface area contributed by atoms with Crippen molar-refractivity contribution in [2.45, 2.75) is 5.51 Å². The van der Waals surface area contributed by atoms with Gasteiger partial charge in [-0.2, -0.15) is 21.6 Å². The van der Waals surface area contributed by atoms with Crippen LogP contribution in [0.15, 0.2) is 60.7 Å². The Balaban J connectivity index is 2.17. The molecule has 0 heterocycles. The maximum Gasteiger partial charge on any atom is 0.534 e. The largest absolute Gasteiger partial charge is 0.534 e. The van der Waals surface area contributed by atoms with Gasteiger partial charge in [0.15, 0.2) is 5.75 Å². The first-order chi connectivity index (χ1) is 13.2. The normalized spacial score (nSPS) is 12.6. The van der Waals surface area contributed by atoms with Crippen molar-refractivity contribution < 1.29 is 30.5 Å². The van der Waals surface area contributed by atoms with Crippen molar-refractivity contribution in [1.29, 1.82) is 0 Å². The fraction of sp³-hybridized carbons (Fsp3) is 0.100. The van der Waals surface area contributed by atoms with E-state index in [2.05, 4.69) is 4.18 Å². The molecular formula is C20H13F3O4S. The first kappa shape index (κ1) is 18.4. The predicted molar refractivity (Wildman–Crippen MR) is 101 cm³/mol. The molecule has 4 nitrogen and oxygen atoms in total. The number of ether oxygens (including phenoxy) is 1. The molecular weight excluding hydrogens is 393 g/mol. The third-order valence-corrected chi connectivity index (χ3v) is 5.48. The Morgan fingerprint density at radius 3 is 2.11 bits per heavy atom. The fourth-order valence-corrected chi connectivity index (χ4v) is 3.77. The van der Waals surface area contributed by atoms with Crippen molar-refractivity contribution in [1.82, 2.24) is 0 Å². The van der Waals surface area contributed by atoms with Gasteiger partial charge in [0.1, 0.15) is 5.75 Å². The summed E-state index contributed by atoms with van der Waals surface area (Å²) in [6.07, 6.45) is 0. The van der Waals surface area contributed by atoms with Crippen LogP contribution in [0.1, 0.15) is 0 Å². The summed E-state index contributed by atoms with van der Waals surface area (Å²) in [5.74, 6) is -0.0170. The number of fused-ring (bicyclic) bond motifs is 5. The Morgan fingerprint density at radius 1 is 0.750 bits per heavy atom. The van der Waals surface area contributed by atoms with Crippen LogP contribution >= 0.6 is 0 Å². The van der Waals surface area contributed by atoms with E-state index in [0.29, 0.717) is 16.5 Å². The van der Waals surface area contributed by atoms with Gasteiger partial charge in [0.05, 0.1) is 7.11 Å². The van der Waals surface area contributed by atoms with Crippen molar-refractivity contribution in [3.05, 3.63) is 60.7 Å². The topological polar surface area (TPSA) is 52.6 Å². The molecule has 4 aromatic rings. The van der Waals surface area contributed by atoms with E-state index in [4.69, 9.17) is 4.74 Å². The number of benzene rings is 4. The van der Waals surface area contributed by atoms with Gasteiger partial charge < -0.3 is 8.92 Å². The monoisotopic (exact) mass is 406 g/mol. The van der Waals surface area contributed by atoms with Crippen LogP contribution in [0.25, 0.3) is 32.3 Å². The van der Waals surface area contributed by atoms with Crippen molar-refractivity contribution >= 4 is 42.4 Å². The second-order valence-corrected chi connectivity index (χ2v) is 7.66. The summed E-state index contributed by atoms with van der Waals surface area (Å²) in [4.78, 5) is 0. The smallest absolute Gasteiger partial charge is 0.496 e. The third kappa shape index (κ3) is 2.80. The van der Waals surface area contributed by atoms with Crippen molar-refractivity contribution in [3.8, 4) is 11.5 Å². The zero-order chi connectivity index (χ0) is 20.1. The van der Waals surface area contributed by atoms with E-state index in [1.54, 1.807) is 18.2 Å². The van der Waals surface area contributed by atoms with Crippen molar-refractivity contribution in [2.75, 3.05) is 7.11 Å². The zero-order valence-corrected chi connectivity index (χ0v) is 15.3. The molecule has 4 aromatic carbocycles. The van der Waals surface area contributed by atoms with E-state index in [-0.39, 0.29) is 5.39 Å². The molecule has 0 saturated carbocycles. The molecule has 0 N–H and O–H groups in total. The van der Waals surface area contributed by atoms with E-state index in [0.717, 1.165) is 16.2 Å². The fourth-order valence-electron chi connectivity index (χ4n) is 3.30. The van der Waals surface area contributed by atoms with Gasteiger partial charge in [-0.25, -0.2) is 0 Å². The van der Waals surface area contributed by atoms with Crippen molar-refractivity contribution in [2.24, 2.45) is 0 Å². The Bertz CT molecular complexity index is 1330. The number of hydrogen-bond donors (Lipinski definition) is 0. The van der Waals surface area contributed by atoms with Gasteiger partial charge in [0.2, 0.25) is 0 Å². The molecule has 0 saturated heterocycles. The SMILES string of the molecule is COc1ccc(OS(=O)(=O)C(F)(F)F)c2c1ccc1ccc3ccccc3c12. The Hall–Kier alpha value is -3.00. The summed E-state index contributed by atoms with van der Waals surface area (Å²) in [6.45, 7) is 0. The average molecular weight is 406 g/mol. The van der Waals surface area contributed by atoms with E-state index in [1.807, 2.05) is 30.3 Å². The van der Waals surface area contributed by atoms with E-state index >= 15 is 0 Å². The molecule has 0 spiro atoms. The molecule has 0 aliphatic heterocycles. The van der Waals surface area contributed by atoms with E-state index in [1.165, 1.54) is 19.2 Å². The molecule has 4 rings (SSSR count). The number of methoxy groups -OCH3 is 1. The maximum atomic E-state index is 12.9. The van der Waals surface area contributed by atoms with Gasteiger partial charge in [-0.1, -0.05) is 42.5 Å². The summed E-state index contributed by atoms with van der Waals surface area (Å²) in [7, 11) is -4.40. The molecule has 28 heavy (non-hydrogen) atoms. The van der Waals surface area contributed by atoms with Crippen LogP contribution in [0.2, 0.25) is 0 Å². The highest BCUT2D eigenvalue weighted by molar-refractivity contribution is 7.88. The Labute approximate surface area is 158 Å². The van der Waals surface area contributed by atoms with Crippen LogP contribution in [0.4, 0.5) is 13.2 Å². The lowest BCUT2D eigenvalue weighted by molar-refractivity contribution is -0.0499. The quantitative estimate of drug-likeness (QED) is 0.260. The highest BCUT2D eigenvalue weighted by Gasteiger charge is 2.48. The number of rotatable bonds is 3. The van der Waals surface area contributed by atoms with Crippen LogP contribution in [-0.2, 0) is 10.1 Å². The summed E-state index contributed by atoms with van der Waals surface area (Å²) in [5.41, 5.74) is -5.54. The van der Waals surface area contributed by atoms with Gasteiger partial charge in [-0.3, -0.25) is 0 Å². The van der Waals surface area contributed by atoms with Crippen molar-refractivity contribution in [3.63, 3.8) is 0 Å². The number of alkyl halides is 3. The van der Waals surface area contributed by atoms with Crippen LogP contribution in [0.5, 0.6) is 11.5 Å². The van der Waals surface area contributed by atoms with Gasteiger partial charge in [-0.15, -0.1) is 0 Å². The minimum atomic E-state index is -5.82.